The molecule has 7 nitrogen and oxygen atoms in total. The number of ether oxygens (including phenoxy) is 1. The van der Waals surface area contributed by atoms with Crippen molar-refractivity contribution in [1.29, 1.82) is 0 Å². The zero-order chi connectivity index (χ0) is 22.2. The van der Waals surface area contributed by atoms with E-state index in [0.717, 1.165) is 39.6 Å². The zero-order valence-electron chi connectivity index (χ0n) is 17.5. The number of pyridine rings is 1. The minimum atomic E-state index is -0.325. The first kappa shape index (κ1) is 20.0. The van der Waals surface area contributed by atoms with E-state index in [9.17, 15) is 14.4 Å². The van der Waals surface area contributed by atoms with Gasteiger partial charge in [-0.05, 0) is 48.7 Å². The van der Waals surface area contributed by atoms with E-state index in [1.807, 2.05) is 6.07 Å². The topological polar surface area (TPSA) is 82.3 Å². The van der Waals surface area contributed by atoms with Gasteiger partial charge in [0.05, 0.1) is 35.3 Å². The number of fused-ring (bicyclic) bond motifs is 1. The molecule has 2 aromatic heterocycles. The van der Waals surface area contributed by atoms with Gasteiger partial charge in [0.2, 0.25) is 12.4 Å². The smallest absolute Gasteiger partial charge is 0.254 e. The number of benzene rings is 2. The van der Waals surface area contributed by atoms with Crippen LogP contribution in [0.15, 0.2) is 61.1 Å². The molecule has 1 saturated carbocycles. The van der Waals surface area contributed by atoms with Crippen molar-refractivity contribution in [3.63, 3.8) is 0 Å². The fourth-order valence-electron chi connectivity index (χ4n) is 3.73. The van der Waals surface area contributed by atoms with Crippen molar-refractivity contribution in [3.05, 3.63) is 78.0 Å². The molecule has 1 aliphatic carbocycles. The number of hydrogen-bond donors (Lipinski definition) is 2. The maximum Gasteiger partial charge on any atom is 0.254 e. The number of H-pyrrole nitrogens is 1. The standard InChI is InChI=1S/C24H21FN4O3/c1-28(12-18-14-29(31)13-17-11-26-27-23(17)18)24(30)16-5-8-21(15-3-2-4-19(25)9-15)22(10-16)32-20-6-7-20/h2-5,8-11,13-14,20,31H,6-7,12H2,1H3/p+1. The first-order valence-electron chi connectivity index (χ1n) is 10.4. The summed E-state index contributed by atoms with van der Waals surface area (Å²) in [6, 6.07) is 11.6. The minimum absolute atomic E-state index is 0.128. The van der Waals surface area contributed by atoms with Gasteiger partial charge in [-0.25, -0.2) is 4.39 Å². The van der Waals surface area contributed by atoms with Gasteiger partial charge in [-0.15, -0.1) is 0 Å². The Bertz CT molecular complexity index is 1320. The molecule has 0 aliphatic heterocycles. The van der Waals surface area contributed by atoms with Gasteiger partial charge >= 0.3 is 0 Å². The highest BCUT2D eigenvalue weighted by molar-refractivity contribution is 5.95. The summed E-state index contributed by atoms with van der Waals surface area (Å²) in [6.45, 7) is 0.267. The Morgan fingerprint density at radius 1 is 1.28 bits per heavy atom. The molecule has 0 saturated heterocycles. The molecule has 5 rings (SSSR count). The monoisotopic (exact) mass is 433 g/mol. The summed E-state index contributed by atoms with van der Waals surface area (Å²) in [4.78, 5) is 14.7. The Balaban J connectivity index is 1.44. The number of carbonyl (C=O) groups excluding carboxylic acids is 1. The number of rotatable bonds is 6. The summed E-state index contributed by atoms with van der Waals surface area (Å²) in [5.41, 5.74) is 3.40. The molecule has 32 heavy (non-hydrogen) atoms. The van der Waals surface area contributed by atoms with Gasteiger partial charge in [-0.1, -0.05) is 12.1 Å². The number of aromatic amines is 1. The first-order chi connectivity index (χ1) is 15.5. The predicted octanol–water partition coefficient (Wildman–Crippen LogP) is 3.71. The molecular weight excluding hydrogens is 411 g/mol. The van der Waals surface area contributed by atoms with Gasteiger partial charge in [0.25, 0.3) is 5.91 Å². The number of nitrogens with one attached hydrogen (secondary N) is 1. The average Bonchev–Trinajstić information content (AvgIpc) is 3.46. The van der Waals surface area contributed by atoms with Crippen LogP contribution >= 0.6 is 0 Å². The van der Waals surface area contributed by atoms with Crippen LogP contribution in [-0.2, 0) is 6.54 Å². The Morgan fingerprint density at radius 2 is 2.12 bits per heavy atom. The van der Waals surface area contributed by atoms with Crippen LogP contribution in [0.2, 0.25) is 0 Å². The van der Waals surface area contributed by atoms with Crippen LogP contribution in [0.3, 0.4) is 0 Å². The van der Waals surface area contributed by atoms with Crippen molar-refractivity contribution in [2.75, 3.05) is 7.05 Å². The van der Waals surface area contributed by atoms with E-state index in [0.29, 0.717) is 16.9 Å². The van der Waals surface area contributed by atoms with E-state index in [2.05, 4.69) is 10.2 Å². The Hall–Kier alpha value is -3.94. The molecule has 0 unspecified atom stereocenters. The molecule has 162 valence electrons. The van der Waals surface area contributed by atoms with E-state index in [-0.39, 0.29) is 24.4 Å². The first-order valence-corrected chi connectivity index (χ1v) is 10.4. The zero-order valence-corrected chi connectivity index (χ0v) is 17.5. The second-order valence-corrected chi connectivity index (χ2v) is 8.06. The Labute approximate surface area is 183 Å². The fourth-order valence-corrected chi connectivity index (χ4v) is 3.73. The Morgan fingerprint density at radius 3 is 2.91 bits per heavy atom. The van der Waals surface area contributed by atoms with Crippen LogP contribution in [0.5, 0.6) is 5.75 Å². The van der Waals surface area contributed by atoms with E-state index in [4.69, 9.17) is 4.74 Å². The van der Waals surface area contributed by atoms with Crippen molar-refractivity contribution >= 4 is 16.8 Å². The fraction of sp³-hybridized carbons (Fsp3) is 0.208. The molecule has 0 bridgehead atoms. The van der Waals surface area contributed by atoms with Gasteiger partial charge in [0.15, 0.2) is 0 Å². The average molecular weight is 433 g/mol. The van der Waals surface area contributed by atoms with Crippen LogP contribution in [-0.4, -0.2) is 39.4 Å². The van der Waals surface area contributed by atoms with Gasteiger partial charge < -0.3 is 9.64 Å². The van der Waals surface area contributed by atoms with Crippen LogP contribution in [0.4, 0.5) is 4.39 Å². The van der Waals surface area contributed by atoms with E-state index in [1.54, 1.807) is 48.6 Å². The number of carbonyl (C=O) groups is 1. The van der Waals surface area contributed by atoms with Crippen molar-refractivity contribution < 1.29 is 23.9 Å². The molecule has 1 fully saturated rings. The SMILES string of the molecule is CN(Cc1c[n+](O)cc2cn[nH]c12)C(=O)c1ccc(-c2cccc(F)c2)c(OC2CC2)c1. The maximum absolute atomic E-state index is 13.8. The number of hydrogen-bond acceptors (Lipinski definition) is 4. The normalized spacial score (nSPS) is 13.3. The van der Waals surface area contributed by atoms with Crippen molar-refractivity contribution in [3.8, 4) is 16.9 Å². The second-order valence-electron chi connectivity index (χ2n) is 8.06. The third-order valence-electron chi connectivity index (χ3n) is 5.49. The molecule has 2 heterocycles. The molecule has 0 atom stereocenters. The number of halogens is 1. The number of aromatic nitrogens is 3. The van der Waals surface area contributed by atoms with E-state index in [1.165, 1.54) is 18.3 Å². The minimum Gasteiger partial charge on any atom is -0.490 e. The molecule has 2 N–H and O–H groups in total. The summed E-state index contributed by atoms with van der Waals surface area (Å²) in [7, 11) is 1.70. The lowest BCUT2D eigenvalue weighted by Crippen LogP contribution is -2.32. The lowest BCUT2D eigenvalue weighted by Gasteiger charge is -2.18. The number of amides is 1. The predicted molar refractivity (Wildman–Crippen MR) is 115 cm³/mol. The second kappa shape index (κ2) is 7.96. The summed E-state index contributed by atoms with van der Waals surface area (Å²) < 4.78 is 20.8. The lowest BCUT2D eigenvalue weighted by molar-refractivity contribution is -0.904. The van der Waals surface area contributed by atoms with E-state index >= 15 is 0 Å². The van der Waals surface area contributed by atoms with Crippen LogP contribution in [0, 0.1) is 5.82 Å². The summed E-state index contributed by atoms with van der Waals surface area (Å²) in [6.07, 6.45) is 6.75. The van der Waals surface area contributed by atoms with E-state index < -0.39 is 0 Å². The van der Waals surface area contributed by atoms with Crippen LogP contribution < -0.4 is 9.47 Å². The summed E-state index contributed by atoms with van der Waals surface area (Å²) in [5, 5.41) is 17.6. The van der Waals surface area contributed by atoms with Crippen molar-refractivity contribution in [2.24, 2.45) is 0 Å². The molecule has 1 aliphatic rings. The molecule has 4 aromatic rings. The lowest BCUT2D eigenvalue weighted by atomic mass is 10.0. The maximum atomic E-state index is 13.8. The molecule has 2 aromatic carbocycles. The highest BCUT2D eigenvalue weighted by Gasteiger charge is 2.26. The third kappa shape index (κ3) is 3.99. The molecule has 8 heteroatoms. The van der Waals surface area contributed by atoms with Crippen LogP contribution in [0.1, 0.15) is 28.8 Å². The van der Waals surface area contributed by atoms with Gasteiger partial charge in [0, 0.05) is 22.9 Å². The Kier molecular flexibility index (Phi) is 4.97. The quantitative estimate of drug-likeness (QED) is 0.359. The third-order valence-corrected chi connectivity index (χ3v) is 5.49. The largest absolute Gasteiger partial charge is 0.490 e. The summed E-state index contributed by atoms with van der Waals surface area (Å²) in [5.74, 6) is 0.0486. The summed E-state index contributed by atoms with van der Waals surface area (Å²) >= 11 is 0. The highest BCUT2D eigenvalue weighted by Crippen LogP contribution is 2.36. The van der Waals surface area contributed by atoms with Crippen molar-refractivity contribution in [1.82, 2.24) is 15.1 Å². The molecule has 0 spiro atoms. The van der Waals surface area contributed by atoms with Gasteiger partial charge in [-0.2, -0.15) is 5.10 Å². The van der Waals surface area contributed by atoms with Crippen molar-refractivity contribution in [2.45, 2.75) is 25.5 Å². The molecule has 1 amide bonds. The highest BCUT2D eigenvalue weighted by atomic mass is 19.1. The number of nitrogens with zero attached hydrogens (tertiary/aromatic N) is 3. The van der Waals surface area contributed by atoms with Gasteiger partial charge in [-0.3, -0.25) is 15.1 Å². The van der Waals surface area contributed by atoms with Gasteiger partial charge in [0.1, 0.15) is 11.6 Å². The van der Waals surface area contributed by atoms with Crippen LogP contribution in [0.25, 0.3) is 22.0 Å². The molecular formula is C24H22FN4O3+. The molecule has 0 radical (unpaired) electrons.